The molecule has 1 aromatic carbocycles. The molecule has 9 heteroatoms. The van der Waals surface area contributed by atoms with E-state index in [9.17, 15) is 10.1 Å². The molecule has 4 heterocycles. The molecular formula is C26H23N5O4. The minimum absolute atomic E-state index is 0.0440. The van der Waals surface area contributed by atoms with E-state index in [4.69, 9.17) is 13.9 Å². The molecule has 0 unspecified atom stereocenters. The van der Waals surface area contributed by atoms with Gasteiger partial charge in [0.25, 0.3) is 5.91 Å². The quantitative estimate of drug-likeness (QED) is 0.429. The normalized spacial score (nSPS) is 14.0. The highest BCUT2D eigenvalue weighted by molar-refractivity contribution is 5.93. The molecule has 0 spiro atoms. The second kappa shape index (κ2) is 9.52. The first-order chi connectivity index (χ1) is 17.0. The van der Waals surface area contributed by atoms with Crippen molar-refractivity contribution in [3.05, 3.63) is 59.9 Å². The van der Waals surface area contributed by atoms with Gasteiger partial charge in [-0.1, -0.05) is 6.07 Å². The fourth-order valence-corrected chi connectivity index (χ4v) is 3.96. The molecule has 0 atom stereocenters. The van der Waals surface area contributed by atoms with Crippen LogP contribution in [0.1, 0.15) is 28.9 Å². The molecule has 3 aromatic heterocycles. The molecule has 5 rings (SSSR count). The molecule has 0 saturated carbocycles. The number of pyridine rings is 1. The van der Waals surface area contributed by atoms with Crippen LogP contribution in [0.2, 0.25) is 0 Å². The third-order valence-corrected chi connectivity index (χ3v) is 5.83. The van der Waals surface area contributed by atoms with Gasteiger partial charge in [0, 0.05) is 44.8 Å². The lowest BCUT2D eigenvalue weighted by molar-refractivity contribution is 0.0254. The maximum atomic E-state index is 12.1. The number of hydrogen-bond acceptors (Lipinski definition) is 8. The molecule has 1 amide bonds. The Balaban J connectivity index is 1.46. The van der Waals surface area contributed by atoms with Crippen molar-refractivity contribution in [1.82, 2.24) is 20.1 Å². The van der Waals surface area contributed by atoms with Crippen LogP contribution >= 0.6 is 0 Å². The maximum absolute atomic E-state index is 12.1. The van der Waals surface area contributed by atoms with Crippen LogP contribution < -0.4 is 4.74 Å². The Labute approximate surface area is 201 Å². The van der Waals surface area contributed by atoms with Crippen molar-refractivity contribution in [3.8, 4) is 34.4 Å². The number of aromatic nitrogens is 3. The van der Waals surface area contributed by atoms with Crippen LogP contribution in [0, 0.1) is 11.3 Å². The van der Waals surface area contributed by atoms with E-state index in [2.05, 4.69) is 21.3 Å². The number of rotatable bonds is 5. The Bertz CT molecular complexity index is 1420. The number of nitriles is 1. The number of ether oxygens (including phenoxy) is 2. The van der Waals surface area contributed by atoms with E-state index >= 15 is 0 Å². The summed E-state index contributed by atoms with van der Waals surface area (Å²) in [6, 6.07) is 14.7. The van der Waals surface area contributed by atoms with Gasteiger partial charge in [-0.15, -0.1) is 10.2 Å². The summed E-state index contributed by atoms with van der Waals surface area (Å²) in [5.41, 5.74) is 4.02. The lowest BCUT2D eigenvalue weighted by atomic mass is 10.0. The Hall–Kier alpha value is -4.29. The smallest absolute Gasteiger partial charge is 0.273 e. The van der Waals surface area contributed by atoms with Crippen molar-refractivity contribution in [1.29, 1.82) is 5.26 Å². The van der Waals surface area contributed by atoms with Crippen molar-refractivity contribution < 1.29 is 18.7 Å². The number of hydrogen-bond donors (Lipinski definition) is 0. The van der Waals surface area contributed by atoms with Gasteiger partial charge in [-0.3, -0.25) is 9.78 Å². The minimum atomic E-state index is -0.227. The van der Waals surface area contributed by atoms with Crippen LogP contribution in [0.5, 0.6) is 5.75 Å². The molecule has 1 saturated heterocycles. The second-order valence-electron chi connectivity index (χ2n) is 8.44. The number of carbonyl (C=O) groups is 1. The Morgan fingerprint density at radius 1 is 1.11 bits per heavy atom. The lowest BCUT2D eigenvalue weighted by Crippen LogP contribution is -2.26. The average molecular weight is 470 g/mol. The number of carbonyl (C=O) groups excluding carboxylic acids is 1. The van der Waals surface area contributed by atoms with Gasteiger partial charge in [0.2, 0.25) is 0 Å². The molecule has 0 N–H and O–H groups in total. The van der Waals surface area contributed by atoms with E-state index in [0.717, 1.165) is 24.0 Å². The fraction of sp³-hybridized carbons (Fsp3) is 0.269. The standard InChI is InChI=1S/C26H23N5O4/c1-31(2)26(32)21-5-4-20(29-30-21)24-14-22-25(35-24)19(7-10-28-22)16-3-6-23(17(13-16)15-27)34-18-8-11-33-12-9-18/h3-7,10,13-14,18H,8-9,11-12H2,1-2H3. The van der Waals surface area contributed by atoms with Crippen LogP contribution in [0.25, 0.3) is 33.7 Å². The van der Waals surface area contributed by atoms with Crippen LogP contribution in [0.15, 0.2) is 53.1 Å². The van der Waals surface area contributed by atoms with E-state index in [0.29, 0.717) is 47.1 Å². The molecule has 176 valence electrons. The minimum Gasteiger partial charge on any atom is -0.489 e. The maximum Gasteiger partial charge on any atom is 0.273 e. The van der Waals surface area contributed by atoms with Crippen molar-refractivity contribution >= 4 is 17.0 Å². The zero-order valence-corrected chi connectivity index (χ0v) is 19.4. The van der Waals surface area contributed by atoms with Gasteiger partial charge in [0.05, 0.1) is 18.8 Å². The first kappa shape index (κ1) is 22.5. The summed E-state index contributed by atoms with van der Waals surface area (Å²) in [4.78, 5) is 17.9. The number of fused-ring (bicyclic) bond motifs is 1. The second-order valence-corrected chi connectivity index (χ2v) is 8.44. The van der Waals surface area contributed by atoms with Crippen molar-refractivity contribution in [2.75, 3.05) is 27.3 Å². The average Bonchev–Trinajstić information content (AvgIpc) is 3.34. The number of nitrogens with zero attached hydrogens (tertiary/aromatic N) is 5. The summed E-state index contributed by atoms with van der Waals surface area (Å²) in [5, 5.41) is 17.9. The summed E-state index contributed by atoms with van der Waals surface area (Å²) in [7, 11) is 3.32. The molecule has 0 radical (unpaired) electrons. The molecule has 35 heavy (non-hydrogen) atoms. The third-order valence-electron chi connectivity index (χ3n) is 5.83. The fourth-order valence-electron chi connectivity index (χ4n) is 3.96. The highest BCUT2D eigenvalue weighted by Gasteiger charge is 2.19. The monoisotopic (exact) mass is 469 g/mol. The predicted octanol–water partition coefficient (Wildman–Crippen LogP) is 4.08. The van der Waals surface area contributed by atoms with E-state index in [1.54, 1.807) is 44.6 Å². The van der Waals surface area contributed by atoms with Gasteiger partial charge >= 0.3 is 0 Å². The van der Waals surface area contributed by atoms with Gasteiger partial charge in [-0.05, 0) is 35.9 Å². The van der Waals surface area contributed by atoms with E-state index < -0.39 is 0 Å². The molecule has 1 aliphatic heterocycles. The van der Waals surface area contributed by atoms with Crippen LogP contribution in [0.3, 0.4) is 0 Å². The molecule has 0 aliphatic carbocycles. The summed E-state index contributed by atoms with van der Waals surface area (Å²) in [6.45, 7) is 1.33. The van der Waals surface area contributed by atoms with Crippen LogP contribution in [-0.2, 0) is 4.74 Å². The molecule has 1 aliphatic rings. The number of benzene rings is 1. The molecule has 9 nitrogen and oxygen atoms in total. The van der Waals surface area contributed by atoms with Gasteiger partial charge in [0.15, 0.2) is 17.0 Å². The van der Waals surface area contributed by atoms with E-state index in [1.807, 2.05) is 18.2 Å². The summed E-state index contributed by atoms with van der Waals surface area (Å²) in [5.74, 6) is 0.822. The zero-order valence-electron chi connectivity index (χ0n) is 19.4. The van der Waals surface area contributed by atoms with Gasteiger partial charge in [0.1, 0.15) is 29.1 Å². The Morgan fingerprint density at radius 2 is 1.94 bits per heavy atom. The topological polar surface area (TPSA) is 114 Å². The van der Waals surface area contributed by atoms with Crippen molar-refractivity contribution in [2.45, 2.75) is 18.9 Å². The third kappa shape index (κ3) is 4.56. The molecule has 4 aromatic rings. The van der Waals surface area contributed by atoms with Gasteiger partial charge in [-0.2, -0.15) is 5.26 Å². The first-order valence-electron chi connectivity index (χ1n) is 11.3. The summed E-state index contributed by atoms with van der Waals surface area (Å²) in [6.07, 6.45) is 3.35. The highest BCUT2D eigenvalue weighted by Crippen LogP contribution is 2.35. The lowest BCUT2D eigenvalue weighted by Gasteiger charge is -2.23. The van der Waals surface area contributed by atoms with Gasteiger partial charge < -0.3 is 18.8 Å². The molecule has 0 bridgehead atoms. The van der Waals surface area contributed by atoms with Crippen molar-refractivity contribution in [2.24, 2.45) is 0 Å². The SMILES string of the molecule is CN(C)C(=O)c1ccc(-c2cc3nccc(-c4ccc(OC5CCOCC5)c(C#N)c4)c3o2)nn1. The zero-order chi connectivity index (χ0) is 24.4. The van der Waals surface area contributed by atoms with Crippen molar-refractivity contribution in [3.63, 3.8) is 0 Å². The highest BCUT2D eigenvalue weighted by atomic mass is 16.5. The Kier molecular flexibility index (Phi) is 6.12. The largest absolute Gasteiger partial charge is 0.489 e. The van der Waals surface area contributed by atoms with E-state index in [1.165, 1.54) is 4.90 Å². The van der Waals surface area contributed by atoms with Crippen LogP contribution in [0.4, 0.5) is 0 Å². The number of amides is 1. The summed E-state index contributed by atoms with van der Waals surface area (Å²) < 4.78 is 17.6. The predicted molar refractivity (Wildman–Crippen MR) is 128 cm³/mol. The molecule has 1 fully saturated rings. The van der Waals surface area contributed by atoms with Crippen LogP contribution in [-0.4, -0.2) is 59.4 Å². The molecular weight excluding hydrogens is 446 g/mol. The Morgan fingerprint density at radius 3 is 2.66 bits per heavy atom. The summed E-state index contributed by atoms with van der Waals surface area (Å²) >= 11 is 0. The first-order valence-corrected chi connectivity index (χ1v) is 11.3. The van der Waals surface area contributed by atoms with Gasteiger partial charge in [-0.25, -0.2) is 0 Å². The number of furan rings is 1. The van der Waals surface area contributed by atoms with E-state index in [-0.39, 0.29) is 17.7 Å².